The van der Waals surface area contributed by atoms with Crippen LogP contribution in [0.3, 0.4) is 0 Å². The normalized spacial score (nSPS) is 19.3. The van der Waals surface area contributed by atoms with E-state index in [9.17, 15) is 0 Å². The Hall–Kier alpha value is -2.04. The summed E-state index contributed by atoms with van der Waals surface area (Å²) >= 11 is 0. The van der Waals surface area contributed by atoms with E-state index < -0.39 is 0 Å². The summed E-state index contributed by atoms with van der Waals surface area (Å²) in [6, 6.07) is 8.39. The maximum atomic E-state index is 4.93. The van der Waals surface area contributed by atoms with Crippen LogP contribution < -0.4 is 5.32 Å². The van der Waals surface area contributed by atoms with Crippen molar-refractivity contribution in [2.24, 2.45) is 10.4 Å². The van der Waals surface area contributed by atoms with Gasteiger partial charge in [-0.05, 0) is 57.1 Å². The fraction of sp³-hybridized carbons (Fsp3) is 0.619. The van der Waals surface area contributed by atoms with E-state index >= 15 is 0 Å². The van der Waals surface area contributed by atoms with Gasteiger partial charge in [0, 0.05) is 32.7 Å². The third-order valence-corrected chi connectivity index (χ3v) is 6.13. The summed E-state index contributed by atoms with van der Waals surface area (Å²) in [5, 5.41) is 3.50. The molecule has 26 heavy (non-hydrogen) atoms. The quantitative estimate of drug-likeness (QED) is 0.508. The second-order valence-corrected chi connectivity index (χ2v) is 7.91. The predicted octanol–water partition coefficient (Wildman–Crippen LogP) is 3.58. The number of nitrogens with one attached hydrogen (secondary N) is 1. The molecule has 5 heteroatoms. The lowest BCUT2D eigenvalue weighted by Crippen LogP contribution is -2.42. The number of hydrogen-bond acceptors (Lipinski definition) is 2. The Morgan fingerprint density at radius 1 is 1.27 bits per heavy atom. The summed E-state index contributed by atoms with van der Waals surface area (Å²) in [5.74, 6) is 2.21. The number of aromatic nitrogens is 2. The summed E-state index contributed by atoms with van der Waals surface area (Å²) in [6.45, 7) is 9.38. The van der Waals surface area contributed by atoms with Gasteiger partial charge in [-0.1, -0.05) is 18.6 Å². The standard InChI is InChI=1S/C21H31N5/c1-3-22-20(25-15-12-21(16-25)10-6-11-21)23-13-7-14-26-17(2)24-18-8-4-5-9-19(18)26/h4-5,8-9H,3,6-7,10-16H2,1-2H3,(H,22,23). The van der Waals surface area contributed by atoms with E-state index in [2.05, 4.69) is 57.9 Å². The van der Waals surface area contributed by atoms with Gasteiger partial charge in [0.25, 0.3) is 0 Å². The molecule has 1 aliphatic carbocycles. The smallest absolute Gasteiger partial charge is 0.193 e. The maximum Gasteiger partial charge on any atom is 0.193 e. The van der Waals surface area contributed by atoms with E-state index in [1.165, 1.54) is 37.7 Å². The minimum absolute atomic E-state index is 0.614. The molecule has 0 bridgehead atoms. The van der Waals surface area contributed by atoms with Gasteiger partial charge >= 0.3 is 0 Å². The molecule has 1 saturated heterocycles. The minimum atomic E-state index is 0.614. The molecule has 5 nitrogen and oxygen atoms in total. The zero-order chi connectivity index (χ0) is 18.0. The summed E-state index contributed by atoms with van der Waals surface area (Å²) in [5.41, 5.74) is 2.93. The fourth-order valence-electron chi connectivity index (χ4n) is 4.52. The van der Waals surface area contributed by atoms with E-state index in [1.54, 1.807) is 0 Å². The minimum Gasteiger partial charge on any atom is -0.357 e. The third kappa shape index (κ3) is 3.31. The molecule has 2 heterocycles. The van der Waals surface area contributed by atoms with Crippen LogP contribution in [0, 0.1) is 12.3 Å². The van der Waals surface area contributed by atoms with Crippen LogP contribution >= 0.6 is 0 Å². The Labute approximate surface area is 156 Å². The van der Waals surface area contributed by atoms with Crippen molar-refractivity contribution in [3.8, 4) is 0 Å². The number of guanidine groups is 1. The first-order valence-corrected chi connectivity index (χ1v) is 10.2. The topological polar surface area (TPSA) is 45.5 Å². The lowest BCUT2D eigenvalue weighted by Gasteiger charge is -2.38. The first-order chi connectivity index (χ1) is 12.7. The SMILES string of the molecule is CCNC(=NCCCn1c(C)nc2ccccc21)N1CCC2(CCC2)C1. The molecule has 1 aromatic carbocycles. The molecule has 0 radical (unpaired) electrons. The Balaban J connectivity index is 1.37. The average molecular weight is 354 g/mol. The van der Waals surface area contributed by atoms with Gasteiger partial charge in [0.1, 0.15) is 5.82 Å². The second-order valence-electron chi connectivity index (χ2n) is 7.91. The summed E-state index contributed by atoms with van der Waals surface area (Å²) in [4.78, 5) is 12.1. The number of para-hydroxylation sites is 2. The van der Waals surface area contributed by atoms with Crippen LogP contribution in [0.1, 0.15) is 44.9 Å². The van der Waals surface area contributed by atoms with Crippen molar-refractivity contribution >= 4 is 17.0 Å². The number of likely N-dealkylation sites (tertiary alicyclic amines) is 1. The molecular formula is C21H31N5. The Bertz CT molecular complexity index is 787. The molecule has 1 N–H and O–H groups in total. The van der Waals surface area contributed by atoms with E-state index in [-0.39, 0.29) is 0 Å². The van der Waals surface area contributed by atoms with Gasteiger partial charge < -0.3 is 14.8 Å². The fourth-order valence-corrected chi connectivity index (χ4v) is 4.52. The van der Waals surface area contributed by atoms with Crippen LogP contribution in [0.25, 0.3) is 11.0 Å². The van der Waals surface area contributed by atoms with Gasteiger partial charge in [0.15, 0.2) is 5.96 Å². The molecular weight excluding hydrogens is 322 g/mol. The van der Waals surface area contributed by atoms with Crippen LogP contribution in [0.4, 0.5) is 0 Å². The highest BCUT2D eigenvalue weighted by Crippen LogP contribution is 2.47. The molecule has 2 aromatic rings. The van der Waals surface area contributed by atoms with Crippen LogP contribution in [-0.2, 0) is 6.54 Å². The zero-order valence-electron chi connectivity index (χ0n) is 16.2. The number of hydrogen-bond donors (Lipinski definition) is 1. The molecule has 0 amide bonds. The van der Waals surface area contributed by atoms with Crippen molar-refractivity contribution in [2.45, 2.75) is 52.5 Å². The van der Waals surface area contributed by atoms with Gasteiger partial charge in [-0.15, -0.1) is 0 Å². The molecule has 1 saturated carbocycles. The highest BCUT2D eigenvalue weighted by atomic mass is 15.3. The number of rotatable bonds is 5. The van der Waals surface area contributed by atoms with E-state index in [4.69, 9.17) is 4.99 Å². The third-order valence-electron chi connectivity index (χ3n) is 6.13. The van der Waals surface area contributed by atoms with Crippen molar-refractivity contribution in [3.63, 3.8) is 0 Å². The lowest BCUT2D eigenvalue weighted by atomic mass is 9.68. The molecule has 1 aromatic heterocycles. The highest BCUT2D eigenvalue weighted by Gasteiger charge is 2.43. The summed E-state index contributed by atoms with van der Waals surface area (Å²) < 4.78 is 2.32. The molecule has 1 aliphatic heterocycles. The number of fused-ring (bicyclic) bond motifs is 1. The van der Waals surface area contributed by atoms with E-state index in [0.29, 0.717) is 5.41 Å². The highest BCUT2D eigenvalue weighted by molar-refractivity contribution is 5.80. The van der Waals surface area contributed by atoms with Crippen LogP contribution in [0.2, 0.25) is 0 Å². The lowest BCUT2D eigenvalue weighted by molar-refractivity contribution is 0.151. The predicted molar refractivity (Wildman–Crippen MR) is 108 cm³/mol. The van der Waals surface area contributed by atoms with Crippen molar-refractivity contribution in [1.29, 1.82) is 0 Å². The maximum absolute atomic E-state index is 4.93. The van der Waals surface area contributed by atoms with Crippen molar-refractivity contribution in [1.82, 2.24) is 19.8 Å². The van der Waals surface area contributed by atoms with Gasteiger partial charge in [0.2, 0.25) is 0 Å². The van der Waals surface area contributed by atoms with Gasteiger partial charge in [-0.2, -0.15) is 0 Å². The Morgan fingerprint density at radius 2 is 2.12 bits per heavy atom. The second kappa shape index (κ2) is 7.29. The van der Waals surface area contributed by atoms with Crippen LogP contribution in [-0.4, -0.2) is 46.6 Å². The molecule has 140 valence electrons. The molecule has 0 atom stereocenters. The Morgan fingerprint density at radius 3 is 2.85 bits per heavy atom. The summed E-state index contributed by atoms with van der Waals surface area (Å²) in [7, 11) is 0. The first kappa shape index (κ1) is 17.4. The average Bonchev–Trinajstić information content (AvgIpc) is 3.19. The first-order valence-electron chi connectivity index (χ1n) is 10.2. The number of aliphatic imine (C=N–C) groups is 1. The molecule has 0 unspecified atom stereocenters. The van der Waals surface area contributed by atoms with Gasteiger partial charge in [0.05, 0.1) is 11.0 Å². The molecule has 1 spiro atoms. The van der Waals surface area contributed by atoms with E-state index in [1.807, 2.05) is 0 Å². The van der Waals surface area contributed by atoms with Gasteiger partial charge in [-0.25, -0.2) is 4.98 Å². The van der Waals surface area contributed by atoms with Crippen molar-refractivity contribution in [2.75, 3.05) is 26.2 Å². The Kier molecular flexibility index (Phi) is 4.88. The molecule has 4 rings (SSSR count). The number of nitrogens with zero attached hydrogens (tertiary/aromatic N) is 4. The zero-order valence-corrected chi connectivity index (χ0v) is 16.2. The van der Waals surface area contributed by atoms with Crippen LogP contribution in [0.5, 0.6) is 0 Å². The number of imidazole rings is 1. The monoisotopic (exact) mass is 353 g/mol. The number of benzene rings is 1. The molecule has 2 aliphatic rings. The number of aryl methyl sites for hydroxylation is 2. The van der Waals surface area contributed by atoms with E-state index in [0.717, 1.165) is 49.9 Å². The summed E-state index contributed by atoms with van der Waals surface area (Å²) in [6.07, 6.45) is 6.62. The molecule has 2 fully saturated rings. The van der Waals surface area contributed by atoms with Crippen LogP contribution in [0.15, 0.2) is 29.3 Å². The largest absolute Gasteiger partial charge is 0.357 e. The van der Waals surface area contributed by atoms with Crippen molar-refractivity contribution < 1.29 is 0 Å². The van der Waals surface area contributed by atoms with Gasteiger partial charge in [-0.3, -0.25) is 4.99 Å². The van der Waals surface area contributed by atoms with Crippen molar-refractivity contribution in [3.05, 3.63) is 30.1 Å².